The van der Waals surface area contributed by atoms with Gasteiger partial charge in [0.15, 0.2) is 0 Å². The maximum absolute atomic E-state index is 11.1. The summed E-state index contributed by atoms with van der Waals surface area (Å²) in [6, 6.07) is 4.20. The summed E-state index contributed by atoms with van der Waals surface area (Å²) in [6.07, 6.45) is 0. The predicted octanol–water partition coefficient (Wildman–Crippen LogP) is -0.196. The average Bonchev–Trinajstić information content (AvgIpc) is 2.36. The van der Waals surface area contributed by atoms with Gasteiger partial charge in [0.25, 0.3) is 5.69 Å². The van der Waals surface area contributed by atoms with E-state index in [9.17, 15) is 19.7 Å². The SMILES string of the molecule is CCNc1cc(N(CC(N)=O)CC(N)=O)cc([N+](=O)[O-])c1. The molecule has 0 heterocycles. The third-order valence-electron chi connectivity index (χ3n) is 2.55. The molecule has 0 aliphatic rings. The first-order valence-corrected chi connectivity index (χ1v) is 6.18. The van der Waals surface area contributed by atoms with Gasteiger partial charge in [-0.25, -0.2) is 0 Å². The molecule has 0 radical (unpaired) electrons. The summed E-state index contributed by atoms with van der Waals surface area (Å²) < 4.78 is 0. The number of nitrogens with one attached hydrogen (secondary N) is 1. The Kier molecular flexibility index (Phi) is 5.47. The highest BCUT2D eigenvalue weighted by Gasteiger charge is 2.17. The molecule has 1 rings (SSSR count). The van der Waals surface area contributed by atoms with Crippen molar-refractivity contribution in [2.45, 2.75) is 6.92 Å². The summed E-state index contributed by atoms with van der Waals surface area (Å²) in [4.78, 5) is 33.8. The number of non-ortho nitro benzene ring substituents is 1. The molecule has 0 spiro atoms. The van der Waals surface area contributed by atoms with Gasteiger partial charge in [0, 0.05) is 30.1 Å². The number of nitrogens with zero attached hydrogens (tertiary/aromatic N) is 2. The Hall–Kier alpha value is -2.84. The number of carbonyl (C=O) groups is 2. The molecular weight excluding hydrogens is 278 g/mol. The minimum absolute atomic E-state index is 0.164. The monoisotopic (exact) mass is 295 g/mol. The van der Waals surface area contributed by atoms with Crippen LogP contribution in [0, 0.1) is 10.1 Å². The summed E-state index contributed by atoms with van der Waals surface area (Å²) in [5, 5.41) is 13.9. The molecule has 0 unspecified atom stereocenters. The minimum atomic E-state index is -0.673. The highest BCUT2D eigenvalue weighted by atomic mass is 16.6. The number of rotatable bonds is 8. The van der Waals surface area contributed by atoms with Crippen LogP contribution in [-0.2, 0) is 9.59 Å². The maximum atomic E-state index is 11.1. The highest BCUT2D eigenvalue weighted by molar-refractivity contribution is 5.85. The van der Waals surface area contributed by atoms with Crippen LogP contribution < -0.4 is 21.7 Å². The molecule has 2 amide bonds. The molecule has 1 aromatic carbocycles. The molecule has 0 saturated carbocycles. The number of nitro groups is 1. The summed E-state index contributed by atoms with van der Waals surface area (Å²) in [5.74, 6) is -1.35. The molecule has 21 heavy (non-hydrogen) atoms. The van der Waals surface area contributed by atoms with E-state index < -0.39 is 16.7 Å². The number of nitrogens with two attached hydrogens (primary N) is 2. The first-order valence-electron chi connectivity index (χ1n) is 6.18. The van der Waals surface area contributed by atoms with Crippen molar-refractivity contribution in [2.24, 2.45) is 11.5 Å². The van der Waals surface area contributed by atoms with Gasteiger partial charge in [-0.15, -0.1) is 0 Å². The fourth-order valence-electron chi connectivity index (χ4n) is 1.80. The Morgan fingerprint density at radius 1 is 1.24 bits per heavy atom. The quantitative estimate of drug-likeness (QED) is 0.447. The maximum Gasteiger partial charge on any atom is 0.273 e. The lowest BCUT2D eigenvalue weighted by molar-refractivity contribution is -0.384. The topological polar surface area (TPSA) is 145 Å². The number of anilines is 2. The molecule has 0 aliphatic heterocycles. The lowest BCUT2D eigenvalue weighted by Crippen LogP contribution is -2.39. The smallest absolute Gasteiger partial charge is 0.273 e. The largest absolute Gasteiger partial charge is 0.385 e. The van der Waals surface area contributed by atoms with Crippen LogP contribution in [0.2, 0.25) is 0 Å². The fraction of sp³-hybridized carbons (Fsp3) is 0.333. The van der Waals surface area contributed by atoms with E-state index in [1.807, 2.05) is 6.92 Å². The van der Waals surface area contributed by atoms with Crippen molar-refractivity contribution in [3.8, 4) is 0 Å². The Morgan fingerprint density at radius 2 is 1.81 bits per heavy atom. The van der Waals surface area contributed by atoms with Gasteiger partial charge >= 0.3 is 0 Å². The number of nitro benzene ring substituents is 1. The van der Waals surface area contributed by atoms with Gasteiger partial charge in [-0.3, -0.25) is 19.7 Å². The second kappa shape index (κ2) is 7.08. The zero-order valence-corrected chi connectivity index (χ0v) is 11.5. The van der Waals surface area contributed by atoms with E-state index in [4.69, 9.17) is 11.5 Å². The van der Waals surface area contributed by atoms with Crippen LogP contribution in [0.15, 0.2) is 18.2 Å². The zero-order chi connectivity index (χ0) is 16.0. The van der Waals surface area contributed by atoms with Crippen LogP contribution in [0.25, 0.3) is 0 Å². The Morgan fingerprint density at radius 3 is 2.24 bits per heavy atom. The van der Waals surface area contributed by atoms with Crippen molar-refractivity contribution in [1.82, 2.24) is 0 Å². The van der Waals surface area contributed by atoms with Crippen molar-refractivity contribution in [2.75, 3.05) is 29.9 Å². The third kappa shape index (κ3) is 4.97. The fourth-order valence-corrected chi connectivity index (χ4v) is 1.80. The molecule has 1 aromatic rings. The first kappa shape index (κ1) is 16.2. The van der Waals surface area contributed by atoms with E-state index in [1.54, 1.807) is 6.07 Å². The van der Waals surface area contributed by atoms with Crippen LogP contribution in [0.1, 0.15) is 6.92 Å². The van der Waals surface area contributed by atoms with Gasteiger partial charge in [-0.05, 0) is 13.0 Å². The summed E-state index contributed by atoms with van der Waals surface area (Å²) in [7, 11) is 0. The van der Waals surface area contributed by atoms with E-state index in [1.165, 1.54) is 17.0 Å². The van der Waals surface area contributed by atoms with Crippen LogP contribution in [0.5, 0.6) is 0 Å². The molecule has 9 nitrogen and oxygen atoms in total. The van der Waals surface area contributed by atoms with Crippen molar-refractivity contribution in [3.05, 3.63) is 28.3 Å². The molecule has 0 saturated heterocycles. The predicted molar refractivity (Wildman–Crippen MR) is 77.9 cm³/mol. The number of benzene rings is 1. The summed E-state index contributed by atoms with van der Waals surface area (Å²) >= 11 is 0. The van der Waals surface area contributed by atoms with Crippen molar-refractivity contribution in [1.29, 1.82) is 0 Å². The first-order chi connectivity index (χ1) is 9.83. The summed E-state index contributed by atoms with van der Waals surface area (Å²) in [5.41, 5.74) is 10.9. The molecule has 0 aliphatic carbocycles. The van der Waals surface area contributed by atoms with Gasteiger partial charge in [0.1, 0.15) is 0 Å². The van der Waals surface area contributed by atoms with Crippen LogP contribution in [0.4, 0.5) is 17.1 Å². The van der Waals surface area contributed by atoms with E-state index in [0.29, 0.717) is 17.9 Å². The minimum Gasteiger partial charge on any atom is -0.385 e. The Bertz CT molecular complexity index is 545. The normalized spacial score (nSPS) is 9.95. The Balaban J connectivity index is 3.23. The van der Waals surface area contributed by atoms with E-state index in [2.05, 4.69) is 5.32 Å². The zero-order valence-electron chi connectivity index (χ0n) is 11.5. The molecular formula is C12H17N5O4. The standard InChI is InChI=1S/C12H17N5O4/c1-2-15-8-3-9(5-10(4-8)17(20)21)16(6-11(13)18)7-12(14)19/h3-5,15H,2,6-7H2,1H3,(H2,13,18)(H2,14,19). The Labute approximate surface area is 121 Å². The van der Waals surface area contributed by atoms with E-state index in [-0.39, 0.29) is 18.8 Å². The van der Waals surface area contributed by atoms with Gasteiger partial charge in [0.05, 0.1) is 18.0 Å². The second-order valence-electron chi connectivity index (χ2n) is 4.31. The molecule has 0 fully saturated rings. The number of amides is 2. The lowest BCUT2D eigenvalue weighted by atomic mass is 10.2. The van der Waals surface area contributed by atoms with Crippen LogP contribution in [0.3, 0.4) is 0 Å². The van der Waals surface area contributed by atoms with E-state index in [0.717, 1.165) is 0 Å². The van der Waals surface area contributed by atoms with Crippen molar-refractivity contribution >= 4 is 28.9 Å². The molecule has 0 atom stereocenters. The van der Waals surface area contributed by atoms with Crippen LogP contribution in [-0.4, -0.2) is 36.4 Å². The molecule has 114 valence electrons. The van der Waals surface area contributed by atoms with Gasteiger partial charge < -0.3 is 21.7 Å². The third-order valence-corrected chi connectivity index (χ3v) is 2.55. The van der Waals surface area contributed by atoms with Gasteiger partial charge in [0.2, 0.25) is 11.8 Å². The molecule has 5 N–H and O–H groups in total. The number of hydrogen-bond donors (Lipinski definition) is 3. The second-order valence-corrected chi connectivity index (χ2v) is 4.31. The van der Waals surface area contributed by atoms with E-state index >= 15 is 0 Å². The van der Waals surface area contributed by atoms with Gasteiger partial charge in [-0.2, -0.15) is 0 Å². The number of carbonyl (C=O) groups excluding carboxylic acids is 2. The lowest BCUT2D eigenvalue weighted by Gasteiger charge is -2.22. The average molecular weight is 295 g/mol. The van der Waals surface area contributed by atoms with Gasteiger partial charge in [-0.1, -0.05) is 0 Å². The molecule has 0 aromatic heterocycles. The molecule has 0 bridgehead atoms. The highest BCUT2D eigenvalue weighted by Crippen LogP contribution is 2.27. The number of primary amides is 2. The number of hydrogen-bond acceptors (Lipinski definition) is 6. The van der Waals surface area contributed by atoms with Crippen molar-refractivity contribution in [3.63, 3.8) is 0 Å². The van der Waals surface area contributed by atoms with Crippen LogP contribution >= 0.6 is 0 Å². The van der Waals surface area contributed by atoms with Crippen molar-refractivity contribution < 1.29 is 14.5 Å². The molecule has 9 heteroatoms. The summed E-state index contributed by atoms with van der Waals surface area (Å²) in [6.45, 7) is 1.86.